The van der Waals surface area contributed by atoms with Gasteiger partial charge in [0.05, 0.1) is 17.3 Å². The van der Waals surface area contributed by atoms with Crippen molar-refractivity contribution >= 4 is 32.6 Å². The Labute approximate surface area is 174 Å². The van der Waals surface area contributed by atoms with Gasteiger partial charge in [-0.1, -0.05) is 17.4 Å². The second-order valence-electron chi connectivity index (χ2n) is 7.26. The zero-order valence-corrected chi connectivity index (χ0v) is 17.8. The lowest BCUT2D eigenvalue weighted by Crippen LogP contribution is -2.50. The maximum Gasteiger partial charge on any atom is 0.260 e. The van der Waals surface area contributed by atoms with Gasteiger partial charge in [-0.2, -0.15) is 0 Å². The van der Waals surface area contributed by atoms with Crippen molar-refractivity contribution in [3.63, 3.8) is 0 Å². The molecule has 0 spiro atoms. The van der Waals surface area contributed by atoms with Crippen LogP contribution in [0.1, 0.15) is 11.1 Å². The number of amides is 1. The summed E-state index contributed by atoms with van der Waals surface area (Å²) in [5, 5.41) is 1.04. The van der Waals surface area contributed by atoms with Crippen LogP contribution < -0.4 is 14.4 Å². The van der Waals surface area contributed by atoms with Gasteiger partial charge in [-0.15, -0.1) is 0 Å². The molecular formula is C22H25N3O3S. The summed E-state index contributed by atoms with van der Waals surface area (Å²) in [7, 11) is 1.62. The molecule has 29 heavy (non-hydrogen) atoms. The number of benzene rings is 2. The van der Waals surface area contributed by atoms with E-state index in [1.165, 1.54) is 15.8 Å². The second-order valence-corrected chi connectivity index (χ2v) is 8.24. The highest BCUT2D eigenvalue weighted by Crippen LogP contribution is 2.32. The highest BCUT2D eigenvalue weighted by atomic mass is 32.1. The number of hydrogen-bond acceptors (Lipinski definition) is 6. The summed E-state index contributed by atoms with van der Waals surface area (Å²) in [6, 6.07) is 11.6. The van der Waals surface area contributed by atoms with Gasteiger partial charge in [0.25, 0.3) is 5.91 Å². The minimum atomic E-state index is 0.0104. The van der Waals surface area contributed by atoms with Gasteiger partial charge in [-0.05, 0) is 55.3 Å². The van der Waals surface area contributed by atoms with Gasteiger partial charge in [0, 0.05) is 26.2 Å². The summed E-state index contributed by atoms with van der Waals surface area (Å²) in [4.78, 5) is 21.5. The van der Waals surface area contributed by atoms with E-state index < -0.39 is 0 Å². The summed E-state index contributed by atoms with van der Waals surface area (Å²) in [5.41, 5.74) is 3.57. The first-order valence-electron chi connectivity index (χ1n) is 9.71. The molecule has 1 aliphatic rings. The average molecular weight is 412 g/mol. The fraction of sp³-hybridized carbons (Fsp3) is 0.364. The molecule has 0 radical (unpaired) electrons. The van der Waals surface area contributed by atoms with Crippen molar-refractivity contribution in [2.24, 2.45) is 0 Å². The minimum absolute atomic E-state index is 0.0104. The molecule has 0 unspecified atom stereocenters. The normalized spacial score (nSPS) is 14.3. The summed E-state index contributed by atoms with van der Waals surface area (Å²) in [6.07, 6.45) is 0. The Bertz CT molecular complexity index is 1010. The van der Waals surface area contributed by atoms with Crippen molar-refractivity contribution < 1.29 is 14.3 Å². The molecule has 0 aliphatic carbocycles. The molecule has 2 heterocycles. The van der Waals surface area contributed by atoms with E-state index in [9.17, 15) is 4.79 Å². The van der Waals surface area contributed by atoms with Gasteiger partial charge in [0.1, 0.15) is 11.5 Å². The van der Waals surface area contributed by atoms with E-state index in [2.05, 4.69) is 30.9 Å². The zero-order chi connectivity index (χ0) is 20.4. The third-order valence-corrected chi connectivity index (χ3v) is 6.40. The lowest BCUT2D eigenvalue weighted by molar-refractivity contribution is -0.133. The lowest BCUT2D eigenvalue weighted by atomic mass is 10.1. The van der Waals surface area contributed by atoms with Gasteiger partial charge < -0.3 is 19.3 Å². The molecule has 0 bridgehead atoms. The SMILES string of the molecule is COc1ccc(OCC(=O)N2CCN(c3nc4cc(C)cc(C)c4s3)CC2)cc1. The molecule has 1 aliphatic heterocycles. The van der Waals surface area contributed by atoms with Crippen molar-refractivity contribution in [1.82, 2.24) is 9.88 Å². The zero-order valence-electron chi connectivity index (χ0n) is 17.0. The first-order chi connectivity index (χ1) is 14.0. The number of thiazole rings is 1. The van der Waals surface area contributed by atoms with Crippen molar-refractivity contribution in [2.45, 2.75) is 13.8 Å². The highest BCUT2D eigenvalue weighted by Gasteiger charge is 2.23. The smallest absolute Gasteiger partial charge is 0.260 e. The maximum absolute atomic E-state index is 12.5. The maximum atomic E-state index is 12.5. The molecule has 4 rings (SSSR count). The highest BCUT2D eigenvalue weighted by molar-refractivity contribution is 7.22. The van der Waals surface area contributed by atoms with Gasteiger partial charge in [-0.25, -0.2) is 4.98 Å². The molecule has 0 atom stereocenters. The third-order valence-electron chi connectivity index (χ3n) is 5.13. The Morgan fingerprint density at radius 3 is 2.45 bits per heavy atom. The number of carbonyl (C=O) groups excluding carboxylic acids is 1. The molecule has 3 aromatic rings. The van der Waals surface area contributed by atoms with Crippen LogP contribution in [0.25, 0.3) is 10.2 Å². The second kappa shape index (κ2) is 8.29. The molecule has 1 fully saturated rings. The predicted octanol–water partition coefficient (Wildman–Crippen LogP) is 3.65. The number of methoxy groups -OCH3 is 1. The van der Waals surface area contributed by atoms with Crippen molar-refractivity contribution in [3.05, 3.63) is 47.5 Å². The summed E-state index contributed by atoms with van der Waals surface area (Å²) in [5.74, 6) is 1.44. The van der Waals surface area contributed by atoms with E-state index >= 15 is 0 Å². The first-order valence-corrected chi connectivity index (χ1v) is 10.5. The molecule has 7 heteroatoms. The molecule has 152 valence electrons. The number of aromatic nitrogens is 1. The van der Waals surface area contributed by atoms with Gasteiger partial charge >= 0.3 is 0 Å². The van der Waals surface area contributed by atoms with E-state index in [1.807, 2.05) is 17.0 Å². The molecule has 0 N–H and O–H groups in total. The van der Waals surface area contributed by atoms with Crippen LogP contribution in [0, 0.1) is 13.8 Å². The fourth-order valence-electron chi connectivity index (χ4n) is 3.56. The quantitative estimate of drug-likeness (QED) is 0.642. The number of fused-ring (bicyclic) bond motifs is 1. The number of aryl methyl sites for hydroxylation is 2. The lowest BCUT2D eigenvalue weighted by Gasteiger charge is -2.34. The molecule has 2 aromatic carbocycles. The predicted molar refractivity (Wildman–Crippen MR) is 116 cm³/mol. The van der Waals surface area contributed by atoms with Gasteiger partial charge in [0.15, 0.2) is 11.7 Å². The Morgan fingerprint density at radius 2 is 1.76 bits per heavy atom. The van der Waals surface area contributed by atoms with E-state index in [0.717, 1.165) is 29.5 Å². The number of rotatable bonds is 5. The fourth-order valence-corrected chi connectivity index (χ4v) is 4.62. The average Bonchev–Trinajstić information content (AvgIpc) is 3.17. The summed E-state index contributed by atoms with van der Waals surface area (Å²) < 4.78 is 12.0. The van der Waals surface area contributed by atoms with Crippen LogP contribution in [0.5, 0.6) is 11.5 Å². The Kier molecular flexibility index (Phi) is 5.58. The monoisotopic (exact) mass is 411 g/mol. The molecule has 6 nitrogen and oxygen atoms in total. The topological polar surface area (TPSA) is 54.9 Å². The van der Waals surface area contributed by atoms with E-state index in [0.29, 0.717) is 18.8 Å². The minimum Gasteiger partial charge on any atom is -0.497 e. The van der Waals surface area contributed by atoms with Crippen molar-refractivity contribution in [1.29, 1.82) is 0 Å². The van der Waals surface area contributed by atoms with Crippen LogP contribution >= 0.6 is 11.3 Å². The number of carbonyl (C=O) groups is 1. The Hall–Kier alpha value is -2.80. The first kappa shape index (κ1) is 19.5. The molecule has 0 saturated carbocycles. The van der Waals surface area contributed by atoms with Crippen molar-refractivity contribution in [2.75, 3.05) is 44.8 Å². The van der Waals surface area contributed by atoms with Crippen LogP contribution in [0.2, 0.25) is 0 Å². The van der Waals surface area contributed by atoms with Crippen LogP contribution in [0.3, 0.4) is 0 Å². The van der Waals surface area contributed by atoms with E-state index in [-0.39, 0.29) is 12.5 Å². The van der Waals surface area contributed by atoms with Gasteiger partial charge in [-0.3, -0.25) is 4.79 Å². The van der Waals surface area contributed by atoms with Crippen LogP contribution in [0.4, 0.5) is 5.13 Å². The largest absolute Gasteiger partial charge is 0.497 e. The number of ether oxygens (including phenoxy) is 2. The third kappa shape index (κ3) is 4.29. The van der Waals surface area contributed by atoms with E-state index in [4.69, 9.17) is 14.5 Å². The standard InChI is InChI=1S/C22H25N3O3S/c1-15-12-16(2)21-19(13-15)23-22(29-21)25-10-8-24(9-11-25)20(26)14-28-18-6-4-17(27-3)5-7-18/h4-7,12-13H,8-11,14H2,1-3H3. The number of piperazine rings is 1. The Balaban J connectivity index is 1.32. The van der Waals surface area contributed by atoms with Crippen LogP contribution in [-0.2, 0) is 4.79 Å². The molecule has 1 amide bonds. The van der Waals surface area contributed by atoms with Crippen LogP contribution in [0.15, 0.2) is 36.4 Å². The summed E-state index contributed by atoms with van der Waals surface area (Å²) in [6.45, 7) is 7.21. The molecule has 1 saturated heterocycles. The summed E-state index contributed by atoms with van der Waals surface area (Å²) >= 11 is 1.74. The van der Waals surface area contributed by atoms with Crippen LogP contribution in [-0.4, -0.2) is 55.7 Å². The Morgan fingerprint density at radius 1 is 1.07 bits per heavy atom. The van der Waals surface area contributed by atoms with E-state index in [1.54, 1.807) is 30.6 Å². The van der Waals surface area contributed by atoms with Gasteiger partial charge in [0.2, 0.25) is 0 Å². The molecule has 1 aromatic heterocycles. The number of nitrogens with zero attached hydrogens (tertiary/aromatic N) is 3. The number of hydrogen-bond donors (Lipinski definition) is 0. The number of anilines is 1. The van der Waals surface area contributed by atoms with Crippen molar-refractivity contribution in [3.8, 4) is 11.5 Å². The molecular weight excluding hydrogens is 386 g/mol.